The van der Waals surface area contributed by atoms with Crippen molar-refractivity contribution in [1.29, 1.82) is 0 Å². The first-order chi connectivity index (χ1) is 29.6. The predicted octanol–water partition coefficient (Wildman–Crippen LogP) is 14.2. The first kappa shape index (κ1) is 48.8. The Morgan fingerprint density at radius 2 is 0.869 bits per heavy atom. The summed E-state index contributed by atoms with van der Waals surface area (Å²) in [5, 5.41) is 26.7. The fraction of sp³-hybridized carbons (Fsp3) is 0.227. The molecule has 9 aromatic rings. The summed E-state index contributed by atoms with van der Waals surface area (Å²) in [7, 11) is 6.63. The topological polar surface area (TPSA) is 107 Å². The number of halogens is 2. The molecule has 0 spiro atoms. The molecule has 0 aliphatic heterocycles. The third-order valence-electron chi connectivity index (χ3n) is 8.68. The van der Waals surface area contributed by atoms with Crippen molar-refractivity contribution in [2.75, 3.05) is 35.5 Å². The number of hydrogen-bond acceptors (Lipinski definition) is 14. The second-order valence-electron chi connectivity index (χ2n) is 12.0. The van der Waals surface area contributed by atoms with E-state index >= 15 is 0 Å². The van der Waals surface area contributed by atoms with Gasteiger partial charge < -0.3 is 38.8 Å². The molecule has 0 saturated carbocycles. The van der Waals surface area contributed by atoms with Crippen molar-refractivity contribution >= 4 is 150 Å². The smallest absolute Gasteiger partial charge is 0.492 e. The standard InChI is InChI=1S/C24H20O4S3.C8H11BO4.C8H2Br2S3.2C2H6/c1-25-13-5-7-17(27-3)15(9-13)19-11-21-23(30-19)24-22(29-21)12-20(31-24)16-10-14(26-2)6-8-18(16)28-4;1-13-8-3-2-6(5-10)4-7(8)9(11)12;9-5-1-3-7(12-5)8-4(11-3)2-6(10)13-8;2*1-2/h5-12H,1-4H3;2-4,10-12H,5H2,1H3;1-2H;2*1-2H3. The van der Waals surface area contributed by atoms with Crippen LogP contribution in [-0.4, -0.2) is 57.8 Å². The molecule has 0 amide bonds. The van der Waals surface area contributed by atoms with Gasteiger partial charge in [-0.05, 0) is 104 Å². The SMILES string of the molecule is Brc1cc2sc3cc(Br)sc3c2s1.CC.CC.COc1ccc(CO)cc1B(O)O.COc1ccc(OC)c(-c2cc3sc4cc(-c5cc(OC)ccc5OC)sc4c3s2)c1. The quantitative estimate of drug-likeness (QED) is 0.123. The number of aliphatic hydroxyl groups excluding tert-OH is 1. The lowest BCUT2D eigenvalue weighted by Crippen LogP contribution is -2.31. The minimum absolute atomic E-state index is 0.135. The fourth-order valence-corrected chi connectivity index (χ4v) is 15.2. The minimum atomic E-state index is -1.58. The van der Waals surface area contributed by atoms with Gasteiger partial charge in [-0.2, -0.15) is 0 Å². The molecular weight excluding hydrogens is 1020 g/mol. The summed E-state index contributed by atoms with van der Waals surface area (Å²) in [5.74, 6) is 3.73. The average Bonchev–Trinajstić information content (AvgIpc) is 4.15. The molecule has 0 aliphatic rings. The molecule has 0 atom stereocenters. The summed E-state index contributed by atoms with van der Waals surface area (Å²) in [4.78, 5) is 2.35. The maximum Gasteiger partial charge on any atom is 0.492 e. The second-order valence-corrected chi connectivity index (χ2v) is 21.2. The summed E-state index contributed by atoms with van der Waals surface area (Å²) in [6, 6.07) is 25.4. The van der Waals surface area contributed by atoms with Crippen LogP contribution in [0.1, 0.15) is 33.3 Å². The molecule has 0 bridgehead atoms. The van der Waals surface area contributed by atoms with Crippen molar-refractivity contribution in [1.82, 2.24) is 0 Å². The molecule has 0 unspecified atom stereocenters. The van der Waals surface area contributed by atoms with Crippen LogP contribution in [0.5, 0.6) is 28.7 Å². The normalized spacial score (nSPS) is 10.5. The Morgan fingerprint density at radius 3 is 1.25 bits per heavy atom. The van der Waals surface area contributed by atoms with Gasteiger partial charge in [-0.15, -0.1) is 68.0 Å². The summed E-state index contributed by atoms with van der Waals surface area (Å²) in [6.45, 7) is 7.86. The largest absolute Gasteiger partial charge is 0.497 e. The van der Waals surface area contributed by atoms with Crippen LogP contribution in [0, 0.1) is 0 Å². The molecule has 9 rings (SSSR count). The van der Waals surface area contributed by atoms with Gasteiger partial charge in [0.05, 0.1) is 68.5 Å². The maximum absolute atomic E-state index is 8.95. The summed E-state index contributed by atoms with van der Waals surface area (Å²) < 4.78 is 40.2. The average molecular weight is 1060 g/mol. The van der Waals surface area contributed by atoms with Gasteiger partial charge in [0.1, 0.15) is 28.7 Å². The van der Waals surface area contributed by atoms with E-state index in [1.165, 1.54) is 68.1 Å². The van der Waals surface area contributed by atoms with Gasteiger partial charge >= 0.3 is 7.12 Å². The third-order valence-corrected chi connectivity index (χ3v) is 17.3. The van der Waals surface area contributed by atoms with Crippen molar-refractivity contribution in [3.63, 3.8) is 0 Å². The number of aliphatic hydroxyl groups is 1. The zero-order chi connectivity index (χ0) is 44.4. The van der Waals surface area contributed by atoms with Crippen LogP contribution >= 0.6 is 99.9 Å². The highest BCUT2D eigenvalue weighted by Gasteiger charge is 2.20. The predicted molar refractivity (Wildman–Crippen MR) is 274 cm³/mol. The summed E-state index contributed by atoms with van der Waals surface area (Å²) in [5.41, 5.74) is 2.97. The molecule has 3 N–H and O–H groups in total. The Balaban J connectivity index is 0.000000193. The van der Waals surface area contributed by atoms with E-state index in [1.54, 1.807) is 63.2 Å². The van der Waals surface area contributed by atoms with Crippen LogP contribution in [0.2, 0.25) is 0 Å². The van der Waals surface area contributed by atoms with Gasteiger partial charge in [0.2, 0.25) is 0 Å². The highest BCUT2D eigenvalue weighted by Crippen LogP contribution is 2.51. The molecule has 0 radical (unpaired) electrons. The van der Waals surface area contributed by atoms with E-state index in [9.17, 15) is 0 Å². The van der Waals surface area contributed by atoms with Gasteiger partial charge in [0.25, 0.3) is 0 Å². The van der Waals surface area contributed by atoms with E-state index in [4.69, 9.17) is 38.8 Å². The number of rotatable bonds is 9. The van der Waals surface area contributed by atoms with E-state index in [0.717, 1.165) is 34.1 Å². The number of thiophene rings is 6. The van der Waals surface area contributed by atoms with E-state index in [0.29, 0.717) is 11.3 Å². The van der Waals surface area contributed by atoms with Crippen LogP contribution in [0.25, 0.3) is 58.5 Å². The van der Waals surface area contributed by atoms with Crippen molar-refractivity contribution in [2.45, 2.75) is 34.3 Å². The maximum atomic E-state index is 8.95. The van der Waals surface area contributed by atoms with E-state index in [1.807, 2.05) is 109 Å². The highest BCUT2D eigenvalue weighted by molar-refractivity contribution is 9.11. The number of methoxy groups -OCH3 is 5. The molecule has 17 heteroatoms. The Kier molecular flexibility index (Phi) is 18.4. The molecule has 61 heavy (non-hydrogen) atoms. The first-order valence-electron chi connectivity index (χ1n) is 18.9. The molecule has 0 aliphatic carbocycles. The molecule has 0 fully saturated rings. The number of fused-ring (bicyclic) bond motifs is 6. The minimum Gasteiger partial charge on any atom is -0.497 e. The van der Waals surface area contributed by atoms with Crippen LogP contribution in [0.3, 0.4) is 0 Å². The second kappa shape index (κ2) is 22.9. The number of hydrogen-bond donors (Lipinski definition) is 3. The lowest BCUT2D eigenvalue weighted by Gasteiger charge is -2.08. The lowest BCUT2D eigenvalue weighted by atomic mass is 9.79. The highest BCUT2D eigenvalue weighted by atomic mass is 79.9. The van der Waals surface area contributed by atoms with Gasteiger partial charge in [-0.1, -0.05) is 39.8 Å². The van der Waals surface area contributed by atoms with Crippen LogP contribution in [-0.2, 0) is 6.61 Å². The molecule has 6 aromatic heterocycles. The zero-order valence-corrected chi connectivity index (χ0v) is 42.9. The zero-order valence-electron chi connectivity index (χ0n) is 34.9. The molecule has 322 valence electrons. The van der Waals surface area contributed by atoms with Crippen molar-refractivity contribution in [2.24, 2.45) is 0 Å². The molecular formula is C44H45BBr2O8S6. The van der Waals surface area contributed by atoms with Crippen molar-refractivity contribution < 1.29 is 38.8 Å². The first-order valence-corrected chi connectivity index (χ1v) is 25.4. The Hall–Kier alpha value is -3.20. The van der Waals surface area contributed by atoms with Gasteiger partial charge in [-0.3, -0.25) is 0 Å². The Bertz CT molecular complexity index is 2660. The van der Waals surface area contributed by atoms with E-state index in [2.05, 4.69) is 56.1 Å². The molecule has 0 saturated heterocycles. The summed E-state index contributed by atoms with van der Waals surface area (Å²) in [6.07, 6.45) is 0. The number of benzene rings is 3. The number of ether oxygens (including phenoxy) is 5. The van der Waals surface area contributed by atoms with Crippen molar-refractivity contribution in [3.05, 3.63) is 92.0 Å². The van der Waals surface area contributed by atoms with E-state index in [-0.39, 0.29) is 12.1 Å². The van der Waals surface area contributed by atoms with Crippen LogP contribution in [0.15, 0.2) is 86.4 Å². The molecule has 3 aromatic carbocycles. The van der Waals surface area contributed by atoms with Gasteiger partial charge in [-0.25, -0.2) is 0 Å². The summed E-state index contributed by atoms with van der Waals surface area (Å²) >= 11 is 17.9. The fourth-order valence-electron chi connectivity index (χ4n) is 5.98. The Morgan fingerprint density at radius 1 is 0.475 bits per heavy atom. The van der Waals surface area contributed by atoms with Gasteiger partial charge in [0, 0.05) is 45.1 Å². The monoisotopic (exact) mass is 1060 g/mol. The van der Waals surface area contributed by atoms with Crippen molar-refractivity contribution in [3.8, 4) is 49.6 Å². The molecule has 8 nitrogen and oxygen atoms in total. The lowest BCUT2D eigenvalue weighted by molar-refractivity contribution is 0.281. The Labute approximate surface area is 396 Å². The van der Waals surface area contributed by atoms with E-state index < -0.39 is 7.12 Å². The molecule has 6 heterocycles. The third kappa shape index (κ3) is 11.1. The van der Waals surface area contributed by atoms with Crippen LogP contribution < -0.4 is 29.1 Å². The van der Waals surface area contributed by atoms with Crippen LogP contribution in [0.4, 0.5) is 0 Å². The van der Waals surface area contributed by atoms with Gasteiger partial charge in [0.15, 0.2) is 0 Å².